The number of pyridine rings is 2. The van der Waals surface area contributed by atoms with E-state index in [1.54, 1.807) is 13.8 Å². The van der Waals surface area contributed by atoms with E-state index in [-0.39, 0.29) is 35.6 Å². The Morgan fingerprint density at radius 3 is 2.15 bits per heavy atom. The summed E-state index contributed by atoms with van der Waals surface area (Å²) in [5, 5.41) is 15.6. The molecule has 0 aliphatic heterocycles. The zero-order valence-corrected chi connectivity index (χ0v) is 18.4. The predicted octanol–water partition coefficient (Wildman–Crippen LogP) is 4.48. The van der Waals surface area contributed by atoms with E-state index in [1.807, 2.05) is 0 Å². The molecule has 0 aliphatic rings. The molecule has 33 heavy (non-hydrogen) atoms. The Labute approximate surface area is 187 Å². The molecule has 3 aromatic rings. The molecule has 0 amide bonds. The molecule has 8 nitrogen and oxygen atoms in total. The molecule has 176 valence electrons. The number of alkyl halides is 4. The Morgan fingerprint density at radius 2 is 1.52 bits per heavy atom. The van der Waals surface area contributed by atoms with E-state index in [2.05, 4.69) is 35.6 Å². The number of hydrogen-bond donors (Lipinski definition) is 3. The molecular formula is C21H23F4N7O. The van der Waals surface area contributed by atoms with Gasteiger partial charge in [0, 0.05) is 32.3 Å². The fraction of sp³-hybridized carbons (Fsp3) is 0.381. The van der Waals surface area contributed by atoms with Gasteiger partial charge in [0.05, 0.1) is 5.60 Å². The lowest BCUT2D eigenvalue weighted by Gasteiger charge is -2.18. The summed E-state index contributed by atoms with van der Waals surface area (Å²) in [6, 6.07) is 6.62. The second kappa shape index (κ2) is 8.85. The number of nitrogens with one attached hydrogen (secondary N) is 2. The first-order valence-electron chi connectivity index (χ1n) is 9.90. The Bertz CT molecular complexity index is 1120. The highest BCUT2D eigenvalue weighted by Gasteiger charge is 2.27. The van der Waals surface area contributed by atoms with Crippen LogP contribution < -0.4 is 10.6 Å². The predicted molar refractivity (Wildman–Crippen MR) is 115 cm³/mol. The summed E-state index contributed by atoms with van der Waals surface area (Å²) in [4.78, 5) is 20.2. The molecule has 3 aromatic heterocycles. The molecular weight excluding hydrogens is 442 g/mol. The van der Waals surface area contributed by atoms with Crippen molar-refractivity contribution in [3.63, 3.8) is 0 Å². The van der Waals surface area contributed by atoms with Crippen LogP contribution in [-0.2, 0) is 11.8 Å². The summed E-state index contributed by atoms with van der Waals surface area (Å²) in [5.74, 6) is -6.39. The highest BCUT2D eigenvalue weighted by Crippen LogP contribution is 2.29. The molecule has 0 saturated carbocycles. The number of hydrogen-bond acceptors (Lipinski definition) is 8. The minimum atomic E-state index is -3.18. The smallest absolute Gasteiger partial charge is 0.287 e. The van der Waals surface area contributed by atoms with Crippen LogP contribution in [0.4, 0.5) is 35.1 Å². The molecule has 0 radical (unpaired) electrons. The lowest BCUT2D eigenvalue weighted by molar-refractivity contribution is 0.0122. The second-order valence-electron chi connectivity index (χ2n) is 8.21. The van der Waals surface area contributed by atoms with Gasteiger partial charge in [-0.25, -0.2) is 4.98 Å². The first-order chi connectivity index (χ1) is 15.2. The molecule has 0 saturated heterocycles. The van der Waals surface area contributed by atoms with Crippen LogP contribution in [0.3, 0.4) is 0 Å². The molecule has 0 bridgehead atoms. The zero-order valence-electron chi connectivity index (χ0n) is 18.4. The fourth-order valence-corrected chi connectivity index (χ4v) is 2.60. The van der Waals surface area contributed by atoms with E-state index in [4.69, 9.17) is 0 Å². The van der Waals surface area contributed by atoms with E-state index in [0.29, 0.717) is 0 Å². The number of nitrogens with zero attached hydrogens (tertiary/aromatic N) is 5. The highest BCUT2D eigenvalue weighted by atomic mass is 19.3. The second-order valence-corrected chi connectivity index (χ2v) is 8.21. The Kier molecular flexibility index (Phi) is 6.50. The Hall–Kier alpha value is -3.41. The molecule has 0 spiro atoms. The van der Waals surface area contributed by atoms with Gasteiger partial charge in [0.25, 0.3) is 11.8 Å². The average molecular weight is 465 g/mol. The van der Waals surface area contributed by atoms with Gasteiger partial charge in [0.1, 0.15) is 17.1 Å². The lowest BCUT2D eigenvalue weighted by atomic mass is 10.1. The third-order valence-electron chi connectivity index (χ3n) is 4.21. The van der Waals surface area contributed by atoms with Gasteiger partial charge in [-0.2, -0.15) is 32.5 Å². The highest BCUT2D eigenvalue weighted by molar-refractivity contribution is 5.59. The van der Waals surface area contributed by atoms with Gasteiger partial charge in [-0.05, 0) is 38.1 Å². The first-order valence-corrected chi connectivity index (χ1v) is 9.90. The molecule has 3 N–H and O–H groups in total. The van der Waals surface area contributed by atoms with Crippen molar-refractivity contribution in [2.24, 2.45) is 0 Å². The zero-order chi connectivity index (χ0) is 24.4. The van der Waals surface area contributed by atoms with Crippen molar-refractivity contribution in [2.45, 2.75) is 45.1 Å². The third-order valence-corrected chi connectivity index (χ3v) is 4.21. The Morgan fingerprint density at radius 1 is 0.848 bits per heavy atom. The summed E-state index contributed by atoms with van der Waals surface area (Å²) in [5.41, 5.74) is -1.74. The minimum absolute atomic E-state index is 0.0233. The van der Waals surface area contributed by atoms with Crippen molar-refractivity contribution in [2.75, 3.05) is 17.2 Å². The maximum Gasteiger partial charge on any atom is 0.287 e. The molecule has 3 heterocycles. The van der Waals surface area contributed by atoms with E-state index in [0.717, 1.165) is 19.9 Å². The van der Waals surface area contributed by atoms with Gasteiger partial charge in [0.15, 0.2) is 5.82 Å². The van der Waals surface area contributed by atoms with Gasteiger partial charge < -0.3 is 15.7 Å². The van der Waals surface area contributed by atoms with Gasteiger partial charge >= 0.3 is 0 Å². The van der Waals surface area contributed by atoms with Crippen LogP contribution in [0, 0.1) is 0 Å². The quantitative estimate of drug-likeness (QED) is 0.418. The molecule has 3 rings (SSSR count). The van der Waals surface area contributed by atoms with Crippen molar-refractivity contribution in [3.05, 3.63) is 47.9 Å². The molecule has 0 aromatic carbocycles. The third kappa shape index (κ3) is 6.78. The number of anilines is 3. The normalized spacial score (nSPS) is 12.5. The molecule has 0 aliphatic carbocycles. The molecule has 0 unspecified atom stereocenters. The fourth-order valence-electron chi connectivity index (χ4n) is 2.60. The van der Waals surface area contributed by atoms with Gasteiger partial charge in [-0.1, -0.05) is 6.07 Å². The monoisotopic (exact) mass is 465 g/mol. The van der Waals surface area contributed by atoms with Gasteiger partial charge in [-0.15, -0.1) is 0 Å². The summed E-state index contributed by atoms with van der Waals surface area (Å²) in [6.07, 6.45) is 1.21. The largest absolute Gasteiger partial charge is 0.389 e. The van der Waals surface area contributed by atoms with Crippen LogP contribution in [0.2, 0.25) is 0 Å². The minimum Gasteiger partial charge on any atom is -0.389 e. The summed E-state index contributed by atoms with van der Waals surface area (Å²) >= 11 is 0. The SMILES string of the molecule is CC(C)(O)CNc1nc(Nc2ccnc(C(C)(F)F)c2)nc(-c2cccc(C(C)(F)F)n2)n1. The Balaban J connectivity index is 2.02. The van der Waals surface area contributed by atoms with Crippen molar-refractivity contribution >= 4 is 17.6 Å². The maximum atomic E-state index is 13.7. The van der Waals surface area contributed by atoms with Crippen LogP contribution in [0.5, 0.6) is 0 Å². The van der Waals surface area contributed by atoms with Crippen molar-refractivity contribution in [3.8, 4) is 11.5 Å². The van der Waals surface area contributed by atoms with Crippen LogP contribution >= 0.6 is 0 Å². The number of halogens is 4. The van der Waals surface area contributed by atoms with E-state index < -0.39 is 28.8 Å². The average Bonchev–Trinajstić information content (AvgIpc) is 2.71. The standard InChI is InChI=1S/C21H23F4N7O/c1-19(2,33)11-27-17-30-16(13-6-5-7-14(29-13)20(3,22)23)31-18(32-17)28-12-8-9-26-15(10-12)21(4,24)25/h5-10,33H,11H2,1-4H3,(H2,26,27,28,30,31,32). The van der Waals surface area contributed by atoms with Crippen LogP contribution in [0.1, 0.15) is 39.1 Å². The van der Waals surface area contributed by atoms with Crippen LogP contribution in [-0.4, -0.2) is 42.2 Å². The molecule has 12 heteroatoms. The van der Waals surface area contributed by atoms with Gasteiger partial charge in [-0.3, -0.25) is 4.98 Å². The maximum absolute atomic E-state index is 13.7. The first kappa shape index (κ1) is 24.2. The van der Waals surface area contributed by atoms with Crippen LogP contribution in [0.25, 0.3) is 11.5 Å². The number of aliphatic hydroxyl groups is 1. The molecule has 0 atom stereocenters. The van der Waals surface area contributed by atoms with Crippen LogP contribution in [0.15, 0.2) is 36.5 Å². The van der Waals surface area contributed by atoms with Crippen molar-refractivity contribution < 1.29 is 22.7 Å². The van der Waals surface area contributed by atoms with Crippen molar-refractivity contribution in [1.29, 1.82) is 0 Å². The van der Waals surface area contributed by atoms with E-state index >= 15 is 0 Å². The summed E-state index contributed by atoms with van der Waals surface area (Å²) in [6.45, 7) is 4.65. The molecule has 0 fully saturated rings. The number of rotatable bonds is 8. The topological polar surface area (TPSA) is 109 Å². The summed E-state index contributed by atoms with van der Waals surface area (Å²) < 4.78 is 54.8. The van der Waals surface area contributed by atoms with E-state index in [1.165, 1.54) is 30.5 Å². The van der Waals surface area contributed by atoms with Gasteiger partial charge in [0.2, 0.25) is 11.9 Å². The van der Waals surface area contributed by atoms with Crippen molar-refractivity contribution in [1.82, 2.24) is 24.9 Å². The summed E-state index contributed by atoms with van der Waals surface area (Å²) in [7, 11) is 0. The lowest BCUT2D eigenvalue weighted by Crippen LogP contribution is -2.30. The van der Waals surface area contributed by atoms with E-state index in [9.17, 15) is 22.7 Å². The number of aromatic nitrogens is 5.